The van der Waals surface area contributed by atoms with E-state index in [1.165, 1.54) is 51.9 Å². The molecule has 11 aromatic rings. The van der Waals surface area contributed by atoms with Gasteiger partial charge in [-0.15, -0.1) is 34.0 Å². The van der Waals surface area contributed by atoms with Crippen LogP contribution in [0.4, 0.5) is 0 Å². The summed E-state index contributed by atoms with van der Waals surface area (Å²) in [6.07, 6.45) is 28.0. The molecule has 24 nitrogen and oxygen atoms in total. The molecular formula is C107H180N20O4S3. The first kappa shape index (κ1) is 123. The van der Waals surface area contributed by atoms with Crippen LogP contribution in [0, 0.1) is 41.4 Å². The Hall–Kier alpha value is -8.51. The Morgan fingerprint density at radius 3 is 1.30 bits per heavy atom. The van der Waals surface area contributed by atoms with Gasteiger partial charge in [-0.25, -0.2) is 29.9 Å². The summed E-state index contributed by atoms with van der Waals surface area (Å²) in [4.78, 5) is 41.2. The number of oxazole rings is 1. The fourth-order valence-electron chi connectivity index (χ4n) is 11.5. The predicted molar refractivity (Wildman–Crippen MR) is 566 cm³/mol. The van der Waals surface area contributed by atoms with E-state index in [4.69, 9.17) is 18.6 Å². The number of ether oxygens (including phenoxy) is 3. The molecule has 4 atom stereocenters. The van der Waals surface area contributed by atoms with E-state index < -0.39 is 0 Å². The highest BCUT2D eigenvalue weighted by molar-refractivity contribution is 7.10. The topological polar surface area (TPSA) is 303 Å². The van der Waals surface area contributed by atoms with Crippen molar-refractivity contribution in [3.05, 3.63) is 243 Å². The van der Waals surface area contributed by atoms with Crippen molar-refractivity contribution in [3.63, 3.8) is 0 Å². The minimum Gasteiger partial charge on any atom is -0.449 e. The van der Waals surface area contributed by atoms with Crippen molar-refractivity contribution in [1.29, 1.82) is 0 Å². The maximum atomic E-state index is 5.48. The standard InChI is InChI=1S/3C8H11N.C7H10N2.2C7H15NO.C7H14O.C7H10S.C6H13N3.3C6H10N2.C6H9NO.2C6H9NS.C6H13N/c1-7(2)8-3-5-9-6-4-8;2*1-7(2)8-5-3-4-6-9-8;1-6(2)7-8-4-3-5-9-7;1-6(2)7-5-9-4-3-8-7;1-6(2)7-5-8-3-4-9-7;1-6(2)7-3-4-8-5-7;1-6(2)7-4-3-5-8-7;1-5(2)6-3-4-7-9-8-6;1-5(2)6-3-7-8-4-6;1-5(2)6-7-3-4-8-6;1-5(2)6-3-4-7-8-6;1-5(2)6-7-3-4-8-6;1-5(2)6-3-8-4-7-6;1-5(2)6-7-3-4-8-6;1-5(2)6-3-7-4-6/h3*3-7H,1-2H3;3-6H,1-2H3;2*6-8H,3-5H2,1-2H3;6-7H,3-5H2,1-2H3;3-6H,1-2H3;5-6H,3-4H2,1-2H3,(H,7,8);3*3-5H,1-2H3,(H,7,8);3*3-5H,1-2H3;5-7H,3-4H2,1-2H3. The maximum Gasteiger partial charge on any atom is 0.196 e. The first-order valence-electron chi connectivity index (χ1n) is 49.1. The van der Waals surface area contributed by atoms with Gasteiger partial charge in [-0.3, -0.25) is 30.6 Å². The highest BCUT2D eigenvalue weighted by atomic mass is 32.1. The first-order valence-corrected chi connectivity index (χ1v) is 51.8. The number of aromatic nitrogens is 14. The number of thiazole rings is 2. The highest BCUT2D eigenvalue weighted by Gasteiger charge is 2.21. The SMILES string of the molecule is CC(C)C1CCN=NN1.CC(C)C1CCOC1.CC(C)C1CNC1.CC(C)C1CNCCO1.CC(C)C1COCCN1.CC(C)c1ccccn1.CC(C)c1ccccn1.CC(C)c1cccs1.CC(C)c1ccn[nH]1.CC(C)c1ccncc1.CC(C)c1cn[nH]c1.CC(C)c1cscn1.CC(C)c1ncc[nH]1.CC(C)c1ncccn1.CC(C)c1ncco1.CC(C)c1nccs1. The molecule has 4 fully saturated rings. The number of imidazole rings is 1. The second-order valence-corrected chi connectivity index (χ2v) is 40.9. The van der Waals surface area contributed by atoms with Crippen LogP contribution >= 0.6 is 34.0 Å². The third-order valence-corrected chi connectivity index (χ3v) is 24.1. The lowest BCUT2D eigenvalue weighted by molar-refractivity contribution is 0.000506. The molecule has 5 aliphatic heterocycles. The van der Waals surface area contributed by atoms with Gasteiger partial charge < -0.3 is 39.6 Å². The Morgan fingerprint density at radius 2 is 1.04 bits per heavy atom. The molecule has 0 amide bonds. The van der Waals surface area contributed by atoms with Crippen LogP contribution in [-0.4, -0.2) is 161 Å². The van der Waals surface area contributed by atoms with E-state index in [0.29, 0.717) is 101 Å². The third kappa shape index (κ3) is 61.6. The zero-order valence-electron chi connectivity index (χ0n) is 88.3. The van der Waals surface area contributed by atoms with Crippen molar-refractivity contribution < 1.29 is 18.6 Å². The molecule has 0 spiro atoms. The van der Waals surface area contributed by atoms with E-state index in [1.807, 2.05) is 146 Å². The van der Waals surface area contributed by atoms with Crippen molar-refractivity contribution in [2.75, 3.05) is 72.3 Å². The molecule has 0 radical (unpaired) electrons. The molecule has 750 valence electrons. The van der Waals surface area contributed by atoms with Crippen molar-refractivity contribution >= 4 is 34.0 Å². The van der Waals surface area contributed by atoms with Gasteiger partial charge in [-0.1, -0.05) is 245 Å². The van der Waals surface area contributed by atoms with E-state index >= 15 is 0 Å². The number of nitrogens with zero attached hydrogens (tertiary/aromatic N) is 13. The smallest absolute Gasteiger partial charge is 0.196 e. The van der Waals surface area contributed by atoms with Gasteiger partial charge in [0, 0.05) is 169 Å². The van der Waals surface area contributed by atoms with E-state index in [-0.39, 0.29) is 0 Å². The molecular weight excluding hydrogens is 1730 g/mol. The van der Waals surface area contributed by atoms with Gasteiger partial charge in [0.1, 0.15) is 17.9 Å². The van der Waals surface area contributed by atoms with Crippen molar-refractivity contribution in [3.8, 4) is 0 Å². The lowest BCUT2D eigenvalue weighted by Gasteiger charge is -2.30. The van der Waals surface area contributed by atoms with Crippen LogP contribution in [0.5, 0.6) is 0 Å². The second-order valence-electron chi connectivity index (χ2n) is 38.3. The van der Waals surface area contributed by atoms with Gasteiger partial charge in [0.15, 0.2) is 5.89 Å². The number of H-pyrrole nitrogens is 3. The van der Waals surface area contributed by atoms with E-state index in [1.54, 1.807) is 59.9 Å². The first-order chi connectivity index (χ1) is 63.9. The summed E-state index contributed by atoms with van der Waals surface area (Å²) < 4.78 is 21.0. The average Bonchev–Trinajstić information content (AvgIpc) is 1.12. The molecule has 16 heterocycles. The number of pyridine rings is 3. The van der Waals surface area contributed by atoms with Crippen LogP contribution in [-0.2, 0) is 14.2 Å². The molecule has 0 saturated carbocycles. The summed E-state index contributed by atoms with van der Waals surface area (Å²) in [5, 5.41) is 38.2. The molecule has 5 aliphatic rings. The maximum absolute atomic E-state index is 5.48. The number of aromatic amines is 3. The number of hydrogen-bond donors (Lipinski definition) is 7. The lowest BCUT2D eigenvalue weighted by Crippen LogP contribution is -2.44. The largest absolute Gasteiger partial charge is 0.449 e. The van der Waals surface area contributed by atoms with E-state index in [9.17, 15) is 0 Å². The molecule has 4 unspecified atom stereocenters. The molecule has 11 aromatic heterocycles. The van der Waals surface area contributed by atoms with Gasteiger partial charge in [-0.05, 0) is 180 Å². The molecule has 7 N–H and O–H groups in total. The average molecular weight is 1910 g/mol. The van der Waals surface area contributed by atoms with Crippen LogP contribution in [0.2, 0.25) is 0 Å². The van der Waals surface area contributed by atoms with Crippen molar-refractivity contribution in [1.82, 2.24) is 91.6 Å². The third-order valence-electron chi connectivity index (χ3n) is 21.2. The molecule has 134 heavy (non-hydrogen) atoms. The number of thiophene rings is 1. The zero-order chi connectivity index (χ0) is 100.0. The van der Waals surface area contributed by atoms with Crippen LogP contribution < -0.4 is 21.4 Å². The monoisotopic (exact) mass is 1910 g/mol. The van der Waals surface area contributed by atoms with Crippen molar-refractivity contribution in [2.24, 2.45) is 51.8 Å². The van der Waals surface area contributed by atoms with E-state index in [0.717, 1.165) is 118 Å². The summed E-state index contributed by atoms with van der Waals surface area (Å²) in [7, 11) is 0. The fourth-order valence-corrected chi connectivity index (χ4v) is 13.6. The Bertz CT molecular complexity index is 3680. The summed E-state index contributed by atoms with van der Waals surface area (Å²) >= 11 is 5.21. The Balaban J connectivity index is 0.000000715. The predicted octanol–water partition coefficient (Wildman–Crippen LogP) is 27.2. The van der Waals surface area contributed by atoms with Gasteiger partial charge in [0.2, 0.25) is 0 Å². The zero-order valence-corrected chi connectivity index (χ0v) is 90.8. The second kappa shape index (κ2) is 76.5. The summed E-state index contributed by atoms with van der Waals surface area (Å²) in [5.41, 5.74) is 12.2. The number of rotatable bonds is 16. The van der Waals surface area contributed by atoms with Crippen LogP contribution in [0.15, 0.2) is 196 Å². The van der Waals surface area contributed by atoms with Gasteiger partial charge in [0.05, 0.1) is 61.1 Å². The molecule has 27 heteroatoms. The van der Waals surface area contributed by atoms with E-state index in [2.05, 4.69) is 333 Å². The molecule has 0 aliphatic carbocycles. The minimum absolute atomic E-state index is 0.407. The van der Waals surface area contributed by atoms with Gasteiger partial charge >= 0.3 is 0 Å². The van der Waals surface area contributed by atoms with Gasteiger partial charge in [0.25, 0.3) is 0 Å². The quantitative estimate of drug-likeness (QED) is 0.0473. The van der Waals surface area contributed by atoms with Crippen LogP contribution in [0.1, 0.15) is 361 Å². The molecule has 0 bridgehead atoms. The summed E-state index contributed by atoms with van der Waals surface area (Å²) in [6.45, 7) is 80.3. The summed E-state index contributed by atoms with van der Waals surface area (Å²) in [6, 6.07) is 25.3. The highest BCUT2D eigenvalue weighted by Crippen LogP contribution is 2.23. The van der Waals surface area contributed by atoms with Crippen LogP contribution in [0.3, 0.4) is 0 Å². The molecule has 16 rings (SSSR count). The van der Waals surface area contributed by atoms with Crippen LogP contribution in [0.25, 0.3) is 0 Å². The Labute approximate surface area is 823 Å². The molecule has 0 aromatic carbocycles. The number of nitrogens with one attached hydrogen (secondary N) is 7. The normalized spacial score (nSPS) is 15.7. The molecule has 4 saturated heterocycles. The van der Waals surface area contributed by atoms with Gasteiger partial charge in [-0.2, -0.15) is 15.3 Å². The minimum atomic E-state index is 0.407. The summed E-state index contributed by atoms with van der Waals surface area (Å²) in [5.74, 6) is 14.4. The number of morpholine rings is 2. The Kier molecular flexibility index (Phi) is 70.5. The van der Waals surface area contributed by atoms with Crippen molar-refractivity contribution in [2.45, 2.75) is 318 Å². The Morgan fingerprint density at radius 1 is 0.418 bits per heavy atom. The fraction of sp³-hybridized carbons (Fsp3) is 0.617. The number of hydrogen-bond acceptors (Lipinski definition) is 24. The lowest BCUT2D eigenvalue weighted by atomic mass is 9.91.